The summed E-state index contributed by atoms with van der Waals surface area (Å²) < 4.78 is 5.14. The van der Waals surface area contributed by atoms with E-state index in [0.717, 1.165) is 31.7 Å². The van der Waals surface area contributed by atoms with Crippen LogP contribution in [0.4, 0.5) is 0 Å². The van der Waals surface area contributed by atoms with Gasteiger partial charge in [-0.1, -0.05) is 12.1 Å². The highest BCUT2D eigenvalue weighted by atomic mass is 16.5. The average molecular weight is 260 g/mol. The standard InChI is InChI=1S/C16H24N2O/c1-16(2,13-17)10-5-11-18(3)12-14-6-8-15(19-4)9-7-14/h6-9H,5,10-12H2,1-4H3. The second kappa shape index (κ2) is 7.16. The lowest BCUT2D eigenvalue weighted by molar-refractivity contribution is 0.297. The van der Waals surface area contributed by atoms with Gasteiger partial charge in [0.05, 0.1) is 18.6 Å². The summed E-state index contributed by atoms with van der Waals surface area (Å²) in [5.74, 6) is 0.891. The molecule has 1 rings (SSSR count). The normalized spacial score (nSPS) is 11.4. The van der Waals surface area contributed by atoms with E-state index in [-0.39, 0.29) is 5.41 Å². The lowest BCUT2D eigenvalue weighted by Gasteiger charge is -2.20. The van der Waals surface area contributed by atoms with E-state index < -0.39 is 0 Å². The van der Waals surface area contributed by atoms with E-state index in [4.69, 9.17) is 10.00 Å². The minimum Gasteiger partial charge on any atom is -0.497 e. The van der Waals surface area contributed by atoms with Crippen molar-refractivity contribution in [3.8, 4) is 11.8 Å². The van der Waals surface area contributed by atoms with Crippen LogP contribution in [0.1, 0.15) is 32.3 Å². The molecule has 0 spiro atoms. The van der Waals surface area contributed by atoms with Crippen LogP contribution in [0, 0.1) is 16.7 Å². The fraction of sp³-hybridized carbons (Fsp3) is 0.562. The van der Waals surface area contributed by atoms with E-state index >= 15 is 0 Å². The summed E-state index contributed by atoms with van der Waals surface area (Å²) >= 11 is 0. The van der Waals surface area contributed by atoms with Crippen molar-refractivity contribution < 1.29 is 4.74 Å². The van der Waals surface area contributed by atoms with Crippen molar-refractivity contribution in [2.45, 2.75) is 33.2 Å². The number of hydrogen-bond acceptors (Lipinski definition) is 3. The van der Waals surface area contributed by atoms with Gasteiger partial charge in [-0.05, 0) is 58.0 Å². The predicted molar refractivity (Wildman–Crippen MR) is 78.0 cm³/mol. The Balaban J connectivity index is 2.34. The molecule has 1 aromatic rings. The van der Waals surface area contributed by atoms with Gasteiger partial charge in [-0.25, -0.2) is 0 Å². The van der Waals surface area contributed by atoms with Gasteiger partial charge in [-0.2, -0.15) is 5.26 Å². The first kappa shape index (κ1) is 15.5. The van der Waals surface area contributed by atoms with E-state index in [1.165, 1.54) is 5.56 Å². The molecule has 0 heterocycles. The van der Waals surface area contributed by atoms with Crippen LogP contribution in [0.3, 0.4) is 0 Å². The van der Waals surface area contributed by atoms with E-state index in [1.54, 1.807) is 7.11 Å². The second-order valence-electron chi connectivity index (χ2n) is 5.69. The molecule has 0 fully saturated rings. The van der Waals surface area contributed by atoms with Crippen LogP contribution >= 0.6 is 0 Å². The molecule has 0 atom stereocenters. The zero-order valence-corrected chi connectivity index (χ0v) is 12.4. The molecule has 0 saturated heterocycles. The van der Waals surface area contributed by atoms with Gasteiger partial charge >= 0.3 is 0 Å². The number of benzene rings is 1. The van der Waals surface area contributed by atoms with Crippen LogP contribution in [0.15, 0.2) is 24.3 Å². The summed E-state index contributed by atoms with van der Waals surface area (Å²) in [5.41, 5.74) is 1.07. The number of nitriles is 1. The molecule has 1 aromatic carbocycles. The number of rotatable bonds is 7. The minimum atomic E-state index is -0.207. The van der Waals surface area contributed by atoms with Gasteiger partial charge in [0, 0.05) is 6.54 Å². The molecule has 104 valence electrons. The first-order chi connectivity index (χ1) is 8.96. The van der Waals surface area contributed by atoms with Crippen LogP contribution in [-0.2, 0) is 6.54 Å². The molecule has 3 heteroatoms. The maximum absolute atomic E-state index is 8.97. The van der Waals surface area contributed by atoms with Gasteiger partial charge in [0.1, 0.15) is 5.75 Å². The average Bonchev–Trinajstić information content (AvgIpc) is 2.39. The van der Waals surface area contributed by atoms with Crippen LogP contribution in [0.25, 0.3) is 0 Å². The van der Waals surface area contributed by atoms with Crippen LogP contribution < -0.4 is 4.74 Å². The third kappa shape index (κ3) is 5.76. The van der Waals surface area contributed by atoms with Crippen molar-refractivity contribution in [1.29, 1.82) is 5.26 Å². The first-order valence-electron chi connectivity index (χ1n) is 6.69. The largest absolute Gasteiger partial charge is 0.497 e. The first-order valence-corrected chi connectivity index (χ1v) is 6.69. The molecular weight excluding hydrogens is 236 g/mol. The van der Waals surface area contributed by atoms with E-state index in [9.17, 15) is 0 Å². The topological polar surface area (TPSA) is 36.3 Å². The molecule has 0 aliphatic heterocycles. The Labute approximate surface area is 116 Å². The molecule has 0 N–H and O–H groups in total. The van der Waals surface area contributed by atoms with Crippen molar-refractivity contribution in [3.05, 3.63) is 29.8 Å². The van der Waals surface area contributed by atoms with Gasteiger partial charge < -0.3 is 9.64 Å². The highest BCUT2D eigenvalue weighted by Crippen LogP contribution is 2.21. The van der Waals surface area contributed by atoms with Gasteiger partial charge in [0.15, 0.2) is 0 Å². The number of ether oxygens (including phenoxy) is 1. The molecule has 0 aromatic heterocycles. The van der Waals surface area contributed by atoms with Crippen molar-refractivity contribution in [2.24, 2.45) is 5.41 Å². The van der Waals surface area contributed by atoms with Gasteiger partial charge in [0.2, 0.25) is 0 Å². The molecule has 0 aliphatic rings. The maximum atomic E-state index is 8.97. The zero-order chi connectivity index (χ0) is 14.3. The molecule has 0 amide bonds. The Morgan fingerprint density at radius 2 is 1.89 bits per heavy atom. The summed E-state index contributed by atoms with van der Waals surface area (Å²) in [4.78, 5) is 2.29. The molecule has 0 radical (unpaired) electrons. The van der Waals surface area contributed by atoms with Crippen molar-refractivity contribution in [2.75, 3.05) is 20.7 Å². The van der Waals surface area contributed by atoms with Gasteiger partial charge in [0.25, 0.3) is 0 Å². The second-order valence-corrected chi connectivity index (χ2v) is 5.69. The van der Waals surface area contributed by atoms with Crippen molar-refractivity contribution in [3.63, 3.8) is 0 Å². The SMILES string of the molecule is COc1ccc(CN(C)CCCC(C)(C)C#N)cc1. The lowest BCUT2D eigenvalue weighted by atomic mass is 9.90. The summed E-state index contributed by atoms with van der Waals surface area (Å²) in [5, 5.41) is 8.97. The van der Waals surface area contributed by atoms with Crippen molar-refractivity contribution in [1.82, 2.24) is 4.90 Å². The number of hydrogen-bond donors (Lipinski definition) is 0. The highest BCUT2D eigenvalue weighted by Gasteiger charge is 2.15. The highest BCUT2D eigenvalue weighted by molar-refractivity contribution is 5.26. The summed E-state index contributed by atoms with van der Waals surface area (Å²) in [6.07, 6.45) is 1.99. The molecule has 0 bridgehead atoms. The molecule has 0 unspecified atom stereocenters. The van der Waals surface area contributed by atoms with Gasteiger partial charge in [-0.15, -0.1) is 0 Å². The Kier molecular flexibility index (Phi) is 5.85. The Bertz CT molecular complexity index is 417. The summed E-state index contributed by atoms with van der Waals surface area (Å²) in [6, 6.07) is 10.5. The fourth-order valence-corrected chi connectivity index (χ4v) is 1.97. The maximum Gasteiger partial charge on any atom is 0.118 e. The summed E-state index contributed by atoms with van der Waals surface area (Å²) in [7, 11) is 3.79. The molecule has 19 heavy (non-hydrogen) atoms. The molecule has 0 saturated carbocycles. The Morgan fingerprint density at radius 1 is 1.26 bits per heavy atom. The Morgan fingerprint density at radius 3 is 2.42 bits per heavy atom. The fourth-order valence-electron chi connectivity index (χ4n) is 1.97. The number of methoxy groups -OCH3 is 1. The zero-order valence-electron chi connectivity index (χ0n) is 12.4. The minimum absolute atomic E-state index is 0.207. The quantitative estimate of drug-likeness (QED) is 0.753. The van der Waals surface area contributed by atoms with Crippen LogP contribution in [-0.4, -0.2) is 25.6 Å². The van der Waals surface area contributed by atoms with Crippen LogP contribution in [0.5, 0.6) is 5.75 Å². The van der Waals surface area contributed by atoms with Gasteiger partial charge in [-0.3, -0.25) is 0 Å². The Hall–Kier alpha value is -1.53. The smallest absolute Gasteiger partial charge is 0.118 e. The molecule has 0 aliphatic carbocycles. The van der Waals surface area contributed by atoms with Crippen molar-refractivity contribution >= 4 is 0 Å². The lowest BCUT2D eigenvalue weighted by Crippen LogP contribution is -2.20. The summed E-state index contributed by atoms with van der Waals surface area (Å²) in [6.45, 7) is 5.93. The third-order valence-corrected chi connectivity index (χ3v) is 3.26. The van der Waals surface area contributed by atoms with E-state index in [0.29, 0.717) is 0 Å². The monoisotopic (exact) mass is 260 g/mol. The third-order valence-electron chi connectivity index (χ3n) is 3.26. The van der Waals surface area contributed by atoms with Crippen LogP contribution in [0.2, 0.25) is 0 Å². The number of nitrogens with zero attached hydrogens (tertiary/aromatic N) is 2. The molecule has 3 nitrogen and oxygen atoms in total. The van der Waals surface area contributed by atoms with E-state index in [2.05, 4.69) is 30.1 Å². The molecular formula is C16H24N2O. The van der Waals surface area contributed by atoms with E-state index in [1.807, 2.05) is 26.0 Å². The predicted octanol–water partition coefficient (Wildman–Crippen LogP) is 3.46.